The third kappa shape index (κ3) is 5.37. The Labute approximate surface area is 113 Å². The highest BCUT2D eigenvalue weighted by Gasteiger charge is 2.28. The van der Waals surface area contributed by atoms with Crippen molar-refractivity contribution in [3.63, 3.8) is 0 Å². The summed E-state index contributed by atoms with van der Waals surface area (Å²) in [6.07, 6.45) is 8.39. The van der Waals surface area contributed by atoms with E-state index in [9.17, 15) is 4.79 Å². The lowest BCUT2D eigenvalue weighted by Gasteiger charge is -2.30. The molecule has 0 aromatic heterocycles. The van der Waals surface area contributed by atoms with Gasteiger partial charge in [0, 0.05) is 5.92 Å². The molecule has 1 unspecified atom stereocenters. The second-order valence-electron chi connectivity index (χ2n) is 7.31. The summed E-state index contributed by atoms with van der Waals surface area (Å²) in [5.74, 6) is 1.23. The van der Waals surface area contributed by atoms with Gasteiger partial charge in [-0.3, -0.25) is 4.79 Å². The zero-order chi connectivity index (χ0) is 13.8. The molecule has 18 heavy (non-hydrogen) atoms. The molecule has 0 aromatic rings. The van der Waals surface area contributed by atoms with Gasteiger partial charge in [-0.05, 0) is 43.9 Å². The molecule has 0 saturated heterocycles. The highest BCUT2D eigenvalue weighted by molar-refractivity contribution is 5.78. The second-order valence-corrected chi connectivity index (χ2v) is 7.31. The molecule has 0 bridgehead atoms. The molecule has 1 aliphatic carbocycles. The van der Waals surface area contributed by atoms with Gasteiger partial charge in [-0.2, -0.15) is 0 Å². The van der Waals surface area contributed by atoms with Gasteiger partial charge >= 0.3 is 0 Å². The molecule has 1 nitrogen and oxygen atoms in total. The Bertz CT molecular complexity index is 289. The molecule has 1 saturated carbocycles. The Morgan fingerprint density at radius 1 is 1.22 bits per heavy atom. The lowest BCUT2D eigenvalue weighted by molar-refractivity contribution is -0.122. The average molecular weight is 250 g/mol. The van der Waals surface area contributed by atoms with Gasteiger partial charge in [-0.25, -0.2) is 0 Å². The number of Topliss-reactive ketones (excluding diaryl/α,β-unsaturated/α-hetero) is 1. The lowest BCUT2D eigenvalue weighted by Crippen LogP contribution is -2.25. The first kappa shape index (κ1) is 15.5. The van der Waals surface area contributed by atoms with E-state index in [4.69, 9.17) is 0 Å². The number of allylic oxidation sites excluding steroid dienone is 1. The Hall–Kier alpha value is -0.590. The van der Waals surface area contributed by atoms with Gasteiger partial charge in [0.2, 0.25) is 0 Å². The van der Waals surface area contributed by atoms with Crippen LogP contribution >= 0.6 is 0 Å². The van der Waals surface area contributed by atoms with Gasteiger partial charge in [0.05, 0.1) is 0 Å². The quantitative estimate of drug-likeness (QED) is 0.616. The zero-order valence-corrected chi connectivity index (χ0v) is 12.7. The minimum absolute atomic E-state index is 0.236. The van der Waals surface area contributed by atoms with Crippen LogP contribution < -0.4 is 0 Å². The van der Waals surface area contributed by atoms with E-state index >= 15 is 0 Å². The van der Waals surface area contributed by atoms with E-state index < -0.39 is 0 Å². The second kappa shape index (κ2) is 6.54. The van der Waals surface area contributed by atoms with Gasteiger partial charge in [0.1, 0.15) is 5.78 Å². The smallest absolute Gasteiger partial charge is 0.133 e. The Balaban J connectivity index is 2.57. The number of ketones is 1. The van der Waals surface area contributed by atoms with Gasteiger partial charge in [-0.1, -0.05) is 52.2 Å². The minimum atomic E-state index is 0.236. The fourth-order valence-electron chi connectivity index (χ4n) is 3.31. The summed E-state index contributed by atoms with van der Waals surface area (Å²) in [7, 11) is 0. The van der Waals surface area contributed by atoms with Crippen molar-refractivity contribution >= 4 is 5.78 Å². The summed E-state index contributed by atoms with van der Waals surface area (Å²) in [5.41, 5.74) is 1.54. The first-order valence-corrected chi connectivity index (χ1v) is 7.47. The Morgan fingerprint density at radius 2 is 1.78 bits per heavy atom. The number of carbonyl (C=O) groups excluding carboxylic acids is 1. The van der Waals surface area contributed by atoms with E-state index in [0.29, 0.717) is 11.7 Å². The van der Waals surface area contributed by atoms with Crippen molar-refractivity contribution in [2.45, 2.75) is 72.6 Å². The molecule has 0 radical (unpaired) electrons. The molecule has 0 aliphatic heterocycles. The molecule has 1 heteroatoms. The maximum atomic E-state index is 11.9. The molecular weight excluding hydrogens is 220 g/mol. The maximum absolute atomic E-state index is 11.9. The largest absolute Gasteiger partial charge is 0.300 e. The fourth-order valence-corrected chi connectivity index (χ4v) is 3.31. The first-order valence-electron chi connectivity index (χ1n) is 7.47. The standard InChI is InChI=1S/C17H30O/c1-13(12-17(3,4)5)11-16(14(2)18)15-9-7-6-8-10-15/h15-16H,1,6-12H2,2-5H3. The predicted octanol–water partition coefficient (Wildman–Crippen LogP) is 5.15. The van der Waals surface area contributed by atoms with Crippen molar-refractivity contribution in [3.05, 3.63) is 12.2 Å². The van der Waals surface area contributed by atoms with Crippen LogP contribution in [-0.4, -0.2) is 5.78 Å². The average Bonchev–Trinajstić information content (AvgIpc) is 2.24. The molecule has 1 atom stereocenters. The molecule has 0 N–H and O–H groups in total. The SMILES string of the molecule is C=C(CC(C(C)=O)C1CCCCC1)CC(C)(C)C. The van der Waals surface area contributed by atoms with Crippen LogP contribution in [0.25, 0.3) is 0 Å². The molecule has 104 valence electrons. The minimum Gasteiger partial charge on any atom is -0.300 e. The third-order valence-electron chi connectivity index (χ3n) is 4.03. The molecule has 0 heterocycles. The topological polar surface area (TPSA) is 17.1 Å². The molecule has 0 amide bonds. The molecule has 1 rings (SSSR count). The van der Waals surface area contributed by atoms with Gasteiger partial charge in [0.15, 0.2) is 0 Å². The van der Waals surface area contributed by atoms with E-state index in [0.717, 1.165) is 12.8 Å². The first-order chi connectivity index (χ1) is 8.29. The van der Waals surface area contributed by atoms with Crippen molar-refractivity contribution in [1.29, 1.82) is 0 Å². The summed E-state index contributed by atoms with van der Waals surface area (Å²) < 4.78 is 0. The Kier molecular flexibility index (Phi) is 5.62. The van der Waals surface area contributed by atoms with Crippen molar-refractivity contribution in [3.8, 4) is 0 Å². The van der Waals surface area contributed by atoms with Crippen LogP contribution in [0.2, 0.25) is 0 Å². The van der Waals surface area contributed by atoms with E-state index in [1.165, 1.54) is 37.7 Å². The van der Waals surface area contributed by atoms with Crippen molar-refractivity contribution in [1.82, 2.24) is 0 Å². The van der Waals surface area contributed by atoms with E-state index in [1.54, 1.807) is 6.92 Å². The highest BCUT2D eigenvalue weighted by atomic mass is 16.1. The normalized spacial score (nSPS) is 19.6. The van der Waals surface area contributed by atoms with Crippen LogP contribution in [0.15, 0.2) is 12.2 Å². The molecular formula is C17H30O. The van der Waals surface area contributed by atoms with Crippen LogP contribution in [0.5, 0.6) is 0 Å². The lowest BCUT2D eigenvalue weighted by atomic mass is 9.74. The summed E-state index contributed by atoms with van der Waals surface area (Å²) >= 11 is 0. The number of carbonyl (C=O) groups is 1. The summed E-state index contributed by atoms with van der Waals surface area (Å²) in [6.45, 7) is 12.7. The van der Waals surface area contributed by atoms with Crippen LogP contribution in [0, 0.1) is 17.3 Å². The van der Waals surface area contributed by atoms with Gasteiger partial charge < -0.3 is 0 Å². The van der Waals surface area contributed by atoms with Crippen LogP contribution in [0.3, 0.4) is 0 Å². The van der Waals surface area contributed by atoms with Crippen LogP contribution in [0.1, 0.15) is 72.6 Å². The van der Waals surface area contributed by atoms with Crippen molar-refractivity contribution in [2.24, 2.45) is 17.3 Å². The number of hydrogen-bond donors (Lipinski definition) is 0. The number of rotatable bonds is 5. The predicted molar refractivity (Wildman–Crippen MR) is 78.6 cm³/mol. The summed E-state index contributed by atoms with van der Waals surface area (Å²) in [5, 5.41) is 0. The molecule has 1 fully saturated rings. The van der Waals surface area contributed by atoms with Gasteiger partial charge in [0.25, 0.3) is 0 Å². The number of hydrogen-bond acceptors (Lipinski definition) is 1. The summed E-state index contributed by atoms with van der Waals surface area (Å²) in [4.78, 5) is 11.9. The van der Waals surface area contributed by atoms with E-state index in [-0.39, 0.29) is 11.3 Å². The van der Waals surface area contributed by atoms with Gasteiger partial charge in [-0.15, -0.1) is 0 Å². The summed E-state index contributed by atoms with van der Waals surface area (Å²) in [6, 6.07) is 0. The monoisotopic (exact) mass is 250 g/mol. The third-order valence-corrected chi connectivity index (χ3v) is 4.03. The highest BCUT2D eigenvalue weighted by Crippen LogP contribution is 2.35. The molecule has 1 aliphatic rings. The fraction of sp³-hybridized carbons (Fsp3) is 0.824. The molecule has 0 spiro atoms. The van der Waals surface area contributed by atoms with E-state index in [1.807, 2.05) is 0 Å². The van der Waals surface area contributed by atoms with E-state index in [2.05, 4.69) is 27.4 Å². The zero-order valence-electron chi connectivity index (χ0n) is 12.7. The van der Waals surface area contributed by atoms with Crippen LogP contribution in [-0.2, 0) is 4.79 Å². The molecule has 0 aromatic carbocycles. The van der Waals surface area contributed by atoms with Crippen molar-refractivity contribution in [2.75, 3.05) is 0 Å². The van der Waals surface area contributed by atoms with Crippen LogP contribution in [0.4, 0.5) is 0 Å². The maximum Gasteiger partial charge on any atom is 0.133 e. The van der Waals surface area contributed by atoms with Crippen molar-refractivity contribution < 1.29 is 4.79 Å². The Morgan fingerprint density at radius 3 is 2.22 bits per heavy atom.